The normalized spacial score (nSPS) is 19.6. The molecule has 0 spiro atoms. The van der Waals surface area contributed by atoms with Gasteiger partial charge in [-0.05, 0) is 37.1 Å². The van der Waals surface area contributed by atoms with Gasteiger partial charge in [0, 0.05) is 36.3 Å². The molecule has 0 bridgehead atoms. The maximum Gasteiger partial charge on any atom is 0.228 e. The number of hydrogen-bond donors (Lipinski definition) is 1. The fourth-order valence-electron chi connectivity index (χ4n) is 3.71. The number of hydrogen-bond acceptors (Lipinski definition) is 4. The molecule has 3 heterocycles. The van der Waals surface area contributed by atoms with Crippen molar-refractivity contribution in [2.45, 2.75) is 25.9 Å². The Hall–Kier alpha value is -2.79. The molecule has 1 saturated heterocycles. The molecule has 1 N–H and O–H groups in total. The van der Waals surface area contributed by atoms with Crippen molar-refractivity contribution in [3.05, 3.63) is 71.7 Å². The van der Waals surface area contributed by atoms with E-state index >= 15 is 0 Å². The molecular weight excluding hydrogens is 338 g/mol. The van der Waals surface area contributed by atoms with Gasteiger partial charge in [0.15, 0.2) is 0 Å². The van der Waals surface area contributed by atoms with E-state index in [0.717, 1.165) is 27.9 Å². The molecular formula is C22H23N3O2. The van der Waals surface area contributed by atoms with Crippen LogP contribution in [0.2, 0.25) is 0 Å². The Balaban J connectivity index is 1.43. The molecule has 1 aliphatic heterocycles. The summed E-state index contributed by atoms with van der Waals surface area (Å²) in [7, 11) is 0. The number of aliphatic hydroxyl groups excluding tert-OH is 1. The van der Waals surface area contributed by atoms with Crippen molar-refractivity contribution in [2.75, 3.05) is 13.1 Å². The van der Waals surface area contributed by atoms with Crippen molar-refractivity contribution in [1.82, 2.24) is 14.9 Å². The molecule has 1 aromatic carbocycles. The smallest absolute Gasteiger partial charge is 0.228 e. The van der Waals surface area contributed by atoms with E-state index in [1.807, 2.05) is 49.4 Å². The molecule has 3 aromatic rings. The summed E-state index contributed by atoms with van der Waals surface area (Å²) in [5.41, 5.74) is 3.73. The summed E-state index contributed by atoms with van der Waals surface area (Å²) < 4.78 is 0. The summed E-state index contributed by atoms with van der Waals surface area (Å²) in [6, 6.07) is 15.9. The van der Waals surface area contributed by atoms with Gasteiger partial charge in [0.25, 0.3) is 0 Å². The first kappa shape index (κ1) is 17.6. The minimum absolute atomic E-state index is 0.00689. The third-order valence-electron chi connectivity index (χ3n) is 5.32. The Morgan fingerprint density at radius 3 is 2.85 bits per heavy atom. The molecule has 0 saturated carbocycles. The lowest BCUT2D eigenvalue weighted by Crippen LogP contribution is -2.31. The SMILES string of the molecule is Cc1cccnc1CC(=O)N1C[C@@H](Cc2ccc3ccccc3n2)[C@H](O)C1. The zero-order chi connectivity index (χ0) is 18.8. The van der Waals surface area contributed by atoms with E-state index in [-0.39, 0.29) is 18.2 Å². The minimum atomic E-state index is -0.521. The Morgan fingerprint density at radius 2 is 2.00 bits per heavy atom. The summed E-state index contributed by atoms with van der Waals surface area (Å²) in [5, 5.41) is 11.6. The first-order chi connectivity index (χ1) is 13.1. The highest BCUT2D eigenvalue weighted by molar-refractivity contribution is 5.79. The second-order valence-corrected chi connectivity index (χ2v) is 7.27. The lowest BCUT2D eigenvalue weighted by Gasteiger charge is -2.16. The zero-order valence-corrected chi connectivity index (χ0v) is 15.4. The summed E-state index contributed by atoms with van der Waals surface area (Å²) >= 11 is 0. The fraction of sp³-hybridized carbons (Fsp3) is 0.318. The molecule has 1 amide bonds. The van der Waals surface area contributed by atoms with E-state index in [0.29, 0.717) is 19.5 Å². The second kappa shape index (κ2) is 7.45. The average molecular weight is 361 g/mol. The molecule has 0 aliphatic carbocycles. The number of pyridine rings is 2. The third-order valence-corrected chi connectivity index (χ3v) is 5.32. The summed E-state index contributed by atoms with van der Waals surface area (Å²) in [5.74, 6) is 0.0252. The van der Waals surface area contributed by atoms with Crippen LogP contribution in [0.15, 0.2) is 54.7 Å². The van der Waals surface area contributed by atoms with E-state index in [4.69, 9.17) is 4.98 Å². The number of nitrogens with zero attached hydrogens (tertiary/aromatic N) is 3. The highest BCUT2D eigenvalue weighted by atomic mass is 16.3. The second-order valence-electron chi connectivity index (χ2n) is 7.27. The van der Waals surface area contributed by atoms with Crippen LogP contribution in [-0.2, 0) is 17.6 Å². The van der Waals surface area contributed by atoms with Crippen LogP contribution in [0, 0.1) is 12.8 Å². The molecule has 1 fully saturated rings. The van der Waals surface area contributed by atoms with Crippen molar-refractivity contribution in [3.8, 4) is 0 Å². The molecule has 5 heteroatoms. The van der Waals surface area contributed by atoms with E-state index in [9.17, 15) is 9.90 Å². The number of aromatic nitrogens is 2. The first-order valence-electron chi connectivity index (χ1n) is 9.31. The van der Waals surface area contributed by atoms with Crippen LogP contribution in [0.1, 0.15) is 17.0 Å². The van der Waals surface area contributed by atoms with Crippen LogP contribution in [0.3, 0.4) is 0 Å². The van der Waals surface area contributed by atoms with Gasteiger partial charge in [-0.3, -0.25) is 14.8 Å². The number of carbonyl (C=O) groups is 1. The highest BCUT2D eigenvalue weighted by Crippen LogP contribution is 2.23. The fourth-order valence-corrected chi connectivity index (χ4v) is 3.71. The van der Waals surface area contributed by atoms with Crippen molar-refractivity contribution in [3.63, 3.8) is 0 Å². The van der Waals surface area contributed by atoms with Crippen LogP contribution >= 0.6 is 0 Å². The highest BCUT2D eigenvalue weighted by Gasteiger charge is 2.34. The van der Waals surface area contributed by atoms with E-state index < -0.39 is 6.10 Å². The quantitative estimate of drug-likeness (QED) is 0.776. The Kier molecular flexibility index (Phi) is 4.86. The molecule has 2 aromatic heterocycles. The van der Waals surface area contributed by atoms with Gasteiger partial charge in [-0.1, -0.05) is 30.3 Å². The predicted molar refractivity (Wildman–Crippen MR) is 104 cm³/mol. The standard InChI is InChI=1S/C22H23N3O2/c1-15-5-4-10-23-20(15)12-22(27)25-13-17(21(26)14-25)11-18-9-8-16-6-2-3-7-19(16)24-18/h2-10,17,21,26H,11-14H2,1H3/t17-,21-/m1/s1. The summed E-state index contributed by atoms with van der Waals surface area (Å²) in [6.45, 7) is 2.89. The summed E-state index contributed by atoms with van der Waals surface area (Å²) in [6.07, 6.45) is 2.13. The van der Waals surface area contributed by atoms with Crippen molar-refractivity contribution < 1.29 is 9.90 Å². The molecule has 2 atom stereocenters. The Bertz CT molecular complexity index is 972. The molecule has 1 aliphatic rings. The Morgan fingerprint density at radius 1 is 1.15 bits per heavy atom. The van der Waals surface area contributed by atoms with Crippen LogP contribution in [0.25, 0.3) is 10.9 Å². The van der Waals surface area contributed by atoms with Crippen LogP contribution in [0.5, 0.6) is 0 Å². The summed E-state index contributed by atoms with van der Waals surface area (Å²) in [4.78, 5) is 23.4. The van der Waals surface area contributed by atoms with Gasteiger partial charge in [0.05, 0.1) is 23.7 Å². The average Bonchev–Trinajstić information content (AvgIpc) is 3.04. The van der Waals surface area contributed by atoms with Gasteiger partial charge >= 0.3 is 0 Å². The maximum absolute atomic E-state index is 12.6. The van der Waals surface area contributed by atoms with E-state index in [1.54, 1.807) is 11.1 Å². The first-order valence-corrected chi connectivity index (χ1v) is 9.31. The number of fused-ring (bicyclic) bond motifs is 1. The van der Waals surface area contributed by atoms with Crippen LogP contribution < -0.4 is 0 Å². The zero-order valence-electron chi connectivity index (χ0n) is 15.4. The van der Waals surface area contributed by atoms with Gasteiger partial charge < -0.3 is 10.0 Å². The van der Waals surface area contributed by atoms with Gasteiger partial charge in [-0.2, -0.15) is 0 Å². The maximum atomic E-state index is 12.6. The molecule has 0 radical (unpaired) electrons. The number of likely N-dealkylation sites (tertiary alicyclic amines) is 1. The number of carbonyl (C=O) groups excluding carboxylic acids is 1. The van der Waals surface area contributed by atoms with Gasteiger partial charge in [0.1, 0.15) is 0 Å². The molecule has 27 heavy (non-hydrogen) atoms. The largest absolute Gasteiger partial charge is 0.391 e. The van der Waals surface area contributed by atoms with E-state index in [1.165, 1.54) is 0 Å². The number of para-hydroxylation sites is 1. The number of aliphatic hydroxyl groups is 1. The number of β-amino-alcohol motifs (C(OH)–C–C–N with tert-alkyl or cyclic N) is 1. The Labute approximate surface area is 158 Å². The predicted octanol–water partition coefficient (Wildman–Crippen LogP) is 2.54. The lowest BCUT2D eigenvalue weighted by atomic mass is 9.99. The lowest BCUT2D eigenvalue weighted by molar-refractivity contribution is -0.129. The monoisotopic (exact) mass is 361 g/mol. The molecule has 4 rings (SSSR count). The molecule has 0 unspecified atom stereocenters. The number of amides is 1. The molecule has 138 valence electrons. The van der Waals surface area contributed by atoms with Gasteiger partial charge in [-0.15, -0.1) is 0 Å². The van der Waals surface area contributed by atoms with E-state index in [2.05, 4.69) is 11.1 Å². The third kappa shape index (κ3) is 3.83. The van der Waals surface area contributed by atoms with Crippen molar-refractivity contribution in [2.24, 2.45) is 5.92 Å². The van der Waals surface area contributed by atoms with Crippen LogP contribution in [-0.4, -0.2) is 45.1 Å². The topological polar surface area (TPSA) is 66.3 Å². The van der Waals surface area contributed by atoms with Crippen LogP contribution in [0.4, 0.5) is 0 Å². The number of aryl methyl sites for hydroxylation is 1. The van der Waals surface area contributed by atoms with Gasteiger partial charge in [0.2, 0.25) is 5.91 Å². The minimum Gasteiger partial charge on any atom is -0.391 e. The molecule has 5 nitrogen and oxygen atoms in total. The van der Waals surface area contributed by atoms with Crippen molar-refractivity contribution >= 4 is 16.8 Å². The number of rotatable bonds is 4. The number of benzene rings is 1. The van der Waals surface area contributed by atoms with Crippen molar-refractivity contribution in [1.29, 1.82) is 0 Å². The van der Waals surface area contributed by atoms with Gasteiger partial charge in [-0.25, -0.2) is 0 Å².